The van der Waals surface area contributed by atoms with Crippen molar-refractivity contribution in [3.8, 4) is 0 Å². The minimum atomic E-state index is -0.768. The van der Waals surface area contributed by atoms with E-state index in [4.69, 9.17) is 11.6 Å². The number of halogens is 1. The number of nitro benzene ring substituents is 1. The lowest BCUT2D eigenvalue weighted by Crippen LogP contribution is -2.52. The lowest BCUT2D eigenvalue weighted by atomic mass is 9.55. The Labute approximate surface area is 250 Å². The molecule has 0 N–H and O–H groups in total. The average molecular weight is 592 g/mol. The number of nitrogens with zero attached hydrogens (tertiary/aromatic N) is 3. The van der Waals surface area contributed by atoms with Crippen LogP contribution in [-0.4, -0.2) is 45.0 Å². The molecule has 1 heterocycles. The first-order valence-electron chi connectivity index (χ1n) is 13.7. The molecule has 3 aliphatic carbocycles. The van der Waals surface area contributed by atoms with Crippen molar-refractivity contribution in [2.24, 2.45) is 11.8 Å². The van der Waals surface area contributed by atoms with E-state index < -0.39 is 58.6 Å². The Bertz CT molecular complexity index is 1760. The number of hydrogen-bond acceptors (Lipinski definition) is 6. The molecule has 2 bridgehead atoms. The van der Waals surface area contributed by atoms with Crippen LogP contribution in [0.3, 0.4) is 0 Å². The smallest absolute Gasteiger partial charge is 0.273 e. The van der Waals surface area contributed by atoms with Crippen molar-refractivity contribution in [1.82, 2.24) is 10.0 Å². The van der Waals surface area contributed by atoms with E-state index in [1.807, 2.05) is 48.5 Å². The lowest BCUT2D eigenvalue weighted by molar-refractivity contribution is -0.384. The SMILES string of the molecule is O=C(CN(C(=O)c1ccc(Cl)cc1)N1C(=O)[C@@H]2C3c4ccccc4C(c4ccccc43)[C@@H]2C1=O)c1cccc([N+](=O)[O-])c1. The summed E-state index contributed by atoms with van der Waals surface area (Å²) < 4.78 is 0. The van der Waals surface area contributed by atoms with Gasteiger partial charge in [0.05, 0.1) is 16.8 Å². The first kappa shape index (κ1) is 26.7. The van der Waals surface area contributed by atoms with Crippen molar-refractivity contribution in [2.75, 3.05) is 6.54 Å². The van der Waals surface area contributed by atoms with E-state index in [9.17, 15) is 29.3 Å². The van der Waals surface area contributed by atoms with E-state index in [2.05, 4.69) is 0 Å². The van der Waals surface area contributed by atoms with Gasteiger partial charge in [-0.25, -0.2) is 5.01 Å². The first-order chi connectivity index (χ1) is 20.8. The standard InChI is InChI=1S/C33H22ClN3O6/c34-20-14-12-18(13-15-20)31(39)35(17-26(38)19-6-5-7-21(16-19)37(42)43)36-32(40)29-27-22-8-1-2-9-23(22)28(30(29)33(36)41)25-11-4-3-10-24(25)27/h1-16,27-30H,17H2/t27?,28?,29-,30+. The van der Waals surface area contributed by atoms with Gasteiger partial charge in [-0.2, -0.15) is 5.01 Å². The zero-order valence-electron chi connectivity index (χ0n) is 22.4. The third-order valence-corrected chi connectivity index (χ3v) is 8.92. The van der Waals surface area contributed by atoms with Gasteiger partial charge in [0.1, 0.15) is 6.54 Å². The van der Waals surface area contributed by atoms with Gasteiger partial charge in [-0.05, 0) is 46.5 Å². The van der Waals surface area contributed by atoms with Gasteiger partial charge in [0.25, 0.3) is 23.4 Å². The van der Waals surface area contributed by atoms with Crippen LogP contribution >= 0.6 is 11.6 Å². The maximum atomic E-state index is 14.3. The molecule has 43 heavy (non-hydrogen) atoms. The molecule has 1 aliphatic heterocycles. The van der Waals surface area contributed by atoms with Crippen LogP contribution < -0.4 is 0 Å². The van der Waals surface area contributed by atoms with Crippen molar-refractivity contribution in [1.29, 1.82) is 0 Å². The molecule has 3 amide bonds. The van der Waals surface area contributed by atoms with Crippen LogP contribution in [0.4, 0.5) is 5.69 Å². The fraction of sp³-hybridized carbons (Fsp3) is 0.152. The van der Waals surface area contributed by atoms with Crippen LogP contribution in [0.25, 0.3) is 0 Å². The van der Waals surface area contributed by atoms with E-state index in [0.717, 1.165) is 38.3 Å². The summed E-state index contributed by atoms with van der Waals surface area (Å²) in [5.41, 5.74) is 3.67. The average Bonchev–Trinajstić information content (AvgIpc) is 3.29. The fourth-order valence-corrected chi connectivity index (χ4v) is 7.02. The maximum absolute atomic E-state index is 14.3. The highest BCUT2D eigenvalue weighted by Gasteiger charge is 2.63. The molecule has 10 heteroatoms. The molecule has 0 radical (unpaired) electrons. The minimum absolute atomic E-state index is 0.0282. The molecule has 212 valence electrons. The second kappa shape index (κ2) is 9.99. The van der Waals surface area contributed by atoms with Gasteiger partial charge in [-0.1, -0.05) is 72.3 Å². The summed E-state index contributed by atoms with van der Waals surface area (Å²) in [5, 5.41) is 13.4. The molecular formula is C33H22ClN3O6. The van der Waals surface area contributed by atoms with Crippen LogP contribution in [-0.2, 0) is 9.59 Å². The van der Waals surface area contributed by atoms with Gasteiger partial charge < -0.3 is 0 Å². The number of hydrazine groups is 1. The Morgan fingerprint density at radius 1 is 0.744 bits per heavy atom. The summed E-state index contributed by atoms with van der Waals surface area (Å²) in [6.45, 7) is -0.686. The lowest BCUT2D eigenvalue weighted by Gasteiger charge is -2.45. The molecule has 1 saturated heterocycles. The third kappa shape index (κ3) is 4.07. The molecule has 4 aromatic carbocycles. The molecule has 0 saturated carbocycles. The quantitative estimate of drug-likeness (QED) is 0.129. The number of non-ortho nitro benzene ring substituents is 1. The number of nitro groups is 1. The van der Waals surface area contributed by atoms with Gasteiger partial charge in [0.2, 0.25) is 0 Å². The highest BCUT2D eigenvalue weighted by molar-refractivity contribution is 6.30. The van der Waals surface area contributed by atoms with Crippen LogP contribution in [0.5, 0.6) is 0 Å². The Morgan fingerprint density at radius 2 is 1.26 bits per heavy atom. The molecule has 0 unspecified atom stereocenters. The number of amides is 3. The summed E-state index contributed by atoms with van der Waals surface area (Å²) in [5.74, 6) is -4.89. The van der Waals surface area contributed by atoms with Crippen LogP contribution in [0.1, 0.15) is 54.8 Å². The Balaban J connectivity index is 1.32. The minimum Gasteiger partial charge on any atom is -0.292 e. The van der Waals surface area contributed by atoms with Gasteiger partial charge in [0.15, 0.2) is 5.78 Å². The molecular weight excluding hydrogens is 570 g/mol. The number of Topliss-reactive ketones (excluding diaryl/α,β-unsaturated/α-hetero) is 1. The number of rotatable bonds is 6. The van der Waals surface area contributed by atoms with Crippen LogP contribution in [0.2, 0.25) is 5.02 Å². The van der Waals surface area contributed by atoms with Gasteiger partial charge >= 0.3 is 0 Å². The number of imide groups is 1. The third-order valence-electron chi connectivity index (χ3n) is 8.66. The fourth-order valence-electron chi connectivity index (χ4n) is 6.89. The summed E-state index contributed by atoms with van der Waals surface area (Å²) >= 11 is 6.03. The number of hydrogen-bond donors (Lipinski definition) is 0. The number of benzene rings is 4. The topological polar surface area (TPSA) is 118 Å². The monoisotopic (exact) mass is 591 g/mol. The summed E-state index contributed by atoms with van der Waals surface area (Å²) in [4.78, 5) is 66.9. The summed E-state index contributed by atoms with van der Waals surface area (Å²) in [7, 11) is 0. The van der Waals surface area contributed by atoms with Crippen molar-refractivity contribution in [3.63, 3.8) is 0 Å². The Hall–Kier alpha value is -5.15. The second-order valence-electron chi connectivity index (χ2n) is 10.9. The van der Waals surface area contributed by atoms with Crippen molar-refractivity contribution in [3.05, 3.63) is 146 Å². The number of carbonyl (C=O) groups is 4. The van der Waals surface area contributed by atoms with Crippen molar-refractivity contribution < 1.29 is 24.1 Å². The highest BCUT2D eigenvalue weighted by atomic mass is 35.5. The molecule has 9 nitrogen and oxygen atoms in total. The number of ketones is 1. The Morgan fingerprint density at radius 3 is 1.74 bits per heavy atom. The maximum Gasteiger partial charge on any atom is 0.273 e. The van der Waals surface area contributed by atoms with Crippen molar-refractivity contribution in [2.45, 2.75) is 11.8 Å². The molecule has 2 atom stereocenters. The van der Waals surface area contributed by atoms with E-state index in [1.165, 1.54) is 42.5 Å². The largest absolute Gasteiger partial charge is 0.292 e. The molecule has 0 aromatic heterocycles. The first-order valence-corrected chi connectivity index (χ1v) is 14.0. The molecule has 0 spiro atoms. The molecule has 1 fully saturated rings. The van der Waals surface area contributed by atoms with Crippen LogP contribution in [0, 0.1) is 22.0 Å². The Kier molecular flexibility index (Phi) is 6.21. The van der Waals surface area contributed by atoms with E-state index >= 15 is 0 Å². The summed E-state index contributed by atoms with van der Waals surface area (Å²) in [6.07, 6.45) is 0. The predicted octanol–water partition coefficient (Wildman–Crippen LogP) is 5.38. The van der Waals surface area contributed by atoms with Crippen LogP contribution in [0.15, 0.2) is 97.1 Å². The normalized spacial score (nSPS) is 21.2. The molecule has 8 rings (SSSR count). The molecule has 4 aliphatic rings. The zero-order chi connectivity index (χ0) is 30.0. The van der Waals surface area contributed by atoms with E-state index in [0.29, 0.717) is 5.02 Å². The van der Waals surface area contributed by atoms with Gasteiger partial charge in [-0.15, -0.1) is 0 Å². The summed E-state index contributed by atoms with van der Waals surface area (Å²) in [6, 6.07) is 26.5. The second-order valence-corrected chi connectivity index (χ2v) is 11.3. The number of carbonyl (C=O) groups excluding carboxylic acids is 4. The zero-order valence-corrected chi connectivity index (χ0v) is 23.2. The van der Waals surface area contributed by atoms with Gasteiger partial charge in [-0.3, -0.25) is 29.3 Å². The highest BCUT2D eigenvalue weighted by Crippen LogP contribution is 2.61. The van der Waals surface area contributed by atoms with E-state index in [1.54, 1.807) is 0 Å². The molecule has 4 aromatic rings. The predicted molar refractivity (Wildman–Crippen MR) is 155 cm³/mol. The van der Waals surface area contributed by atoms with E-state index in [-0.39, 0.29) is 16.8 Å². The van der Waals surface area contributed by atoms with Gasteiger partial charge in [0, 0.05) is 40.1 Å². The van der Waals surface area contributed by atoms with Crippen molar-refractivity contribution >= 4 is 40.8 Å².